The second kappa shape index (κ2) is 7.63. The van der Waals surface area contributed by atoms with Crippen LogP contribution < -0.4 is 0 Å². The first-order chi connectivity index (χ1) is 13.2. The molecule has 0 saturated heterocycles. The molecule has 0 fully saturated rings. The lowest BCUT2D eigenvalue weighted by molar-refractivity contribution is -0.134. The number of hydrogen-bond donors (Lipinski definition) is 0. The van der Waals surface area contributed by atoms with E-state index in [-0.39, 0.29) is 18.5 Å². The summed E-state index contributed by atoms with van der Waals surface area (Å²) in [6.45, 7) is 0.960. The first kappa shape index (κ1) is 17.3. The Labute approximate surface area is 157 Å². The molecule has 138 valence electrons. The lowest BCUT2D eigenvalue weighted by Gasteiger charge is -2.23. The molecule has 0 radical (unpaired) electrons. The van der Waals surface area contributed by atoms with Gasteiger partial charge in [0, 0.05) is 13.0 Å². The predicted molar refractivity (Wildman–Crippen MR) is 101 cm³/mol. The minimum Gasteiger partial charge on any atom is -0.467 e. The number of likely N-dealkylation sites (N-methyl/N-ethyl adjacent to an activating group) is 1. The zero-order valence-corrected chi connectivity index (χ0v) is 15.1. The van der Waals surface area contributed by atoms with Crippen molar-refractivity contribution in [1.29, 1.82) is 0 Å². The molecule has 4 rings (SSSR count). The highest BCUT2D eigenvalue weighted by atomic mass is 16.3. The molecule has 3 heterocycles. The Bertz CT molecular complexity index is 902. The lowest BCUT2D eigenvalue weighted by atomic mass is 10.1. The van der Waals surface area contributed by atoms with Crippen LogP contribution in [0, 0.1) is 0 Å². The highest BCUT2D eigenvalue weighted by Crippen LogP contribution is 2.33. The predicted octanol–water partition coefficient (Wildman–Crippen LogP) is 3.68. The molecule has 2 aromatic heterocycles. The van der Waals surface area contributed by atoms with Crippen molar-refractivity contribution in [2.45, 2.75) is 19.0 Å². The molecule has 1 amide bonds. The van der Waals surface area contributed by atoms with E-state index in [0.717, 1.165) is 17.0 Å². The Hall–Kier alpha value is -3.12. The quantitative estimate of drug-likeness (QED) is 0.670. The molecular weight excluding hydrogens is 342 g/mol. The second-order valence-electron chi connectivity index (χ2n) is 6.66. The van der Waals surface area contributed by atoms with Crippen LogP contribution in [0.15, 0.2) is 81.1 Å². The van der Waals surface area contributed by atoms with Crippen LogP contribution in [-0.4, -0.2) is 35.1 Å². The molecule has 1 unspecified atom stereocenters. The van der Waals surface area contributed by atoms with E-state index in [1.807, 2.05) is 54.4 Å². The molecule has 0 spiro atoms. The van der Waals surface area contributed by atoms with Gasteiger partial charge in [-0.3, -0.25) is 9.69 Å². The average Bonchev–Trinajstić information content (AvgIpc) is 3.41. The van der Waals surface area contributed by atoms with Gasteiger partial charge in [-0.05, 0) is 36.9 Å². The number of carbonyl (C=O) groups excluding carboxylic acids is 1. The maximum absolute atomic E-state index is 13.0. The van der Waals surface area contributed by atoms with Crippen molar-refractivity contribution in [3.63, 3.8) is 0 Å². The van der Waals surface area contributed by atoms with Crippen LogP contribution in [-0.2, 0) is 11.3 Å². The van der Waals surface area contributed by atoms with Gasteiger partial charge in [0.25, 0.3) is 5.91 Å². The maximum atomic E-state index is 13.0. The van der Waals surface area contributed by atoms with E-state index in [1.165, 1.54) is 5.01 Å². The number of benzene rings is 1. The summed E-state index contributed by atoms with van der Waals surface area (Å²) in [6.07, 6.45) is 3.79. The standard InChI is InChI=1S/C21H21N3O3/c1-23(14-16-7-3-2-4-8-16)15-21(25)24-18(20-10-6-12-27-20)13-17(22-24)19-9-5-11-26-19/h2-12,18H,13-15H2,1H3. The van der Waals surface area contributed by atoms with Gasteiger partial charge in [0.05, 0.1) is 19.1 Å². The summed E-state index contributed by atoms with van der Waals surface area (Å²) in [5.41, 5.74) is 1.91. The lowest BCUT2D eigenvalue weighted by Crippen LogP contribution is -2.36. The summed E-state index contributed by atoms with van der Waals surface area (Å²) in [6, 6.07) is 17.2. The molecule has 0 bridgehead atoms. The summed E-state index contributed by atoms with van der Waals surface area (Å²) in [4.78, 5) is 15.0. The van der Waals surface area contributed by atoms with Gasteiger partial charge in [0.15, 0.2) is 0 Å². The van der Waals surface area contributed by atoms with Crippen molar-refractivity contribution in [3.05, 3.63) is 84.2 Å². The van der Waals surface area contributed by atoms with E-state index < -0.39 is 0 Å². The van der Waals surface area contributed by atoms with E-state index in [1.54, 1.807) is 12.5 Å². The second-order valence-corrected chi connectivity index (χ2v) is 6.66. The van der Waals surface area contributed by atoms with Crippen LogP contribution in [0.5, 0.6) is 0 Å². The first-order valence-electron chi connectivity index (χ1n) is 8.90. The minimum absolute atomic E-state index is 0.0728. The molecule has 0 saturated carbocycles. The summed E-state index contributed by atoms with van der Waals surface area (Å²) in [5.74, 6) is 1.33. The monoisotopic (exact) mass is 363 g/mol. The van der Waals surface area contributed by atoms with Gasteiger partial charge < -0.3 is 8.83 Å². The van der Waals surface area contributed by atoms with Crippen LogP contribution in [0.25, 0.3) is 0 Å². The van der Waals surface area contributed by atoms with Crippen LogP contribution >= 0.6 is 0 Å². The Morgan fingerprint density at radius 1 is 1.11 bits per heavy atom. The summed E-state index contributed by atoms with van der Waals surface area (Å²) < 4.78 is 11.0. The molecule has 1 atom stereocenters. The normalized spacial score (nSPS) is 16.7. The van der Waals surface area contributed by atoms with Crippen LogP contribution in [0.3, 0.4) is 0 Å². The highest BCUT2D eigenvalue weighted by Gasteiger charge is 2.35. The fraction of sp³-hybridized carbons (Fsp3) is 0.238. The van der Waals surface area contributed by atoms with Gasteiger partial charge in [-0.25, -0.2) is 5.01 Å². The highest BCUT2D eigenvalue weighted by molar-refractivity contribution is 6.01. The van der Waals surface area contributed by atoms with E-state index in [9.17, 15) is 4.79 Å². The van der Waals surface area contributed by atoms with Crippen molar-refractivity contribution in [2.24, 2.45) is 5.10 Å². The molecule has 1 aromatic carbocycles. The number of amides is 1. The van der Waals surface area contributed by atoms with Crippen molar-refractivity contribution < 1.29 is 13.6 Å². The Kier molecular flexibility index (Phi) is 4.89. The fourth-order valence-electron chi connectivity index (χ4n) is 3.29. The molecule has 6 nitrogen and oxygen atoms in total. The Morgan fingerprint density at radius 2 is 1.89 bits per heavy atom. The van der Waals surface area contributed by atoms with E-state index in [2.05, 4.69) is 17.2 Å². The van der Waals surface area contributed by atoms with Crippen molar-refractivity contribution in [2.75, 3.05) is 13.6 Å². The third kappa shape index (κ3) is 3.85. The number of carbonyl (C=O) groups is 1. The summed E-state index contributed by atoms with van der Waals surface area (Å²) in [5, 5.41) is 6.07. The number of hydrazone groups is 1. The van der Waals surface area contributed by atoms with Gasteiger partial charge in [0.2, 0.25) is 0 Å². The third-order valence-electron chi connectivity index (χ3n) is 4.54. The molecule has 27 heavy (non-hydrogen) atoms. The van der Waals surface area contributed by atoms with E-state index in [0.29, 0.717) is 18.7 Å². The third-order valence-corrected chi connectivity index (χ3v) is 4.54. The minimum atomic E-state index is -0.252. The molecule has 1 aliphatic heterocycles. The van der Waals surface area contributed by atoms with Crippen LogP contribution in [0.1, 0.15) is 29.5 Å². The fourth-order valence-corrected chi connectivity index (χ4v) is 3.29. The van der Waals surface area contributed by atoms with E-state index >= 15 is 0 Å². The van der Waals surface area contributed by atoms with E-state index in [4.69, 9.17) is 8.83 Å². The average molecular weight is 363 g/mol. The summed E-state index contributed by atoms with van der Waals surface area (Å²) >= 11 is 0. The van der Waals surface area contributed by atoms with Gasteiger partial charge in [-0.1, -0.05) is 30.3 Å². The van der Waals surface area contributed by atoms with Gasteiger partial charge >= 0.3 is 0 Å². The zero-order chi connectivity index (χ0) is 18.6. The van der Waals surface area contributed by atoms with Gasteiger partial charge in [-0.15, -0.1) is 0 Å². The maximum Gasteiger partial charge on any atom is 0.257 e. The SMILES string of the molecule is CN(CC(=O)N1N=C(c2ccco2)CC1c1ccco1)Cc1ccccc1. The number of rotatable bonds is 6. The molecule has 6 heteroatoms. The Balaban J connectivity index is 1.50. The zero-order valence-electron chi connectivity index (χ0n) is 15.1. The molecule has 0 aliphatic carbocycles. The molecule has 3 aromatic rings. The van der Waals surface area contributed by atoms with Crippen molar-refractivity contribution in [3.8, 4) is 0 Å². The number of furan rings is 2. The first-order valence-corrected chi connectivity index (χ1v) is 8.90. The Morgan fingerprint density at radius 3 is 2.59 bits per heavy atom. The molecule has 1 aliphatic rings. The van der Waals surface area contributed by atoms with Crippen LogP contribution in [0.2, 0.25) is 0 Å². The van der Waals surface area contributed by atoms with Gasteiger partial charge in [0.1, 0.15) is 23.3 Å². The van der Waals surface area contributed by atoms with Crippen LogP contribution in [0.4, 0.5) is 0 Å². The topological polar surface area (TPSA) is 62.2 Å². The molecule has 0 N–H and O–H groups in total. The van der Waals surface area contributed by atoms with Crippen molar-refractivity contribution >= 4 is 11.6 Å². The number of hydrogen-bond acceptors (Lipinski definition) is 5. The van der Waals surface area contributed by atoms with Gasteiger partial charge in [-0.2, -0.15) is 5.10 Å². The smallest absolute Gasteiger partial charge is 0.257 e. The van der Waals surface area contributed by atoms with Crippen molar-refractivity contribution in [1.82, 2.24) is 9.91 Å². The molecular formula is C21H21N3O3. The largest absolute Gasteiger partial charge is 0.467 e. The summed E-state index contributed by atoms with van der Waals surface area (Å²) in [7, 11) is 1.93. The number of nitrogens with zero attached hydrogens (tertiary/aromatic N) is 3.